The maximum absolute atomic E-state index is 12.9. The standard InChI is InChI=1S/C17H25NO3/c1-10-5-11-7-13(19)15-16(11,14(20)6-10)8-12-9-18(2)4-3-17(12,15)21/h10-12,15,21H,3-9H2,1-2H3/t10-,11+,12-,15+,16-,17-/m1/s1. The molecule has 3 saturated carbocycles. The molecule has 21 heavy (non-hydrogen) atoms. The third-order valence-corrected chi connectivity index (χ3v) is 6.97. The first-order valence-corrected chi connectivity index (χ1v) is 8.35. The fraction of sp³-hybridized carbons (Fsp3) is 0.882. The van der Waals surface area contributed by atoms with Crippen molar-refractivity contribution < 1.29 is 14.7 Å². The number of hydrogen-bond acceptors (Lipinski definition) is 4. The van der Waals surface area contributed by atoms with E-state index in [0.29, 0.717) is 25.2 Å². The number of Topliss-reactive ketones (excluding diaryl/α,β-unsaturated/α-hetero) is 2. The van der Waals surface area contributed by atoms with E-state index in [1.54, 1.807) is 0 Å². The van der Waals surface area contributed by atoms with Gasteiger partial charge in [0.15, 0.2) is 0 Å². The molecule has 0 bridgehead atoms. The zero-order valence-electron chi connectivity index (χ0n) is 13.0. The summed E-state index contributed by atoms with van der Waals surface area (Å²) in [6.45, 7) is 3.76. The van der Waals surface area contributed by atoms with Crippen molar-refractivity contribution >= 4 is 11.6 Å². The largest absolute Gasteiger partial charge is 0.389 e. The Morgan fingerprint density at radius 3 is 2.76 bits per heavy atom. The highest BCUT2D eigenvalue weighted by Crippen LogP contribution is 2.67. The van der Waals surface area contributed by atoms with Crippen LogP contribution in [0.3, 0.4) is 0 Å². The van der Waals surface area contributed by atoms with Gasteiger partial charge in [0.05, 0.1) is 11.5 Å². The van der Waals surface area contributed by atoms with Crippen LogP contribution in [0.15, 0.2) is 0 Å². The first-order valence-electron chi connectivity index (χ1n) is 8.35. The van der Waals surface area contributed by atoms with E-state index in [2.05, 4.69) is 18.9 Å². The quantitative estimate of drug-likeness (QED) is 0.730. The zero-order chi connectivity index (χ0) is 15.0. The van der Waals surface area contributed by atoms with E-state index in [9.17, 15) is 14.7 Å². The highest BCUT2D eigenvalue weighted by Gasteiger charge is 2.73. The van der Waals surface area contributed by atoms with Crippen molar-refractivity contribution in [1.82, 2.24) is 4.90 Å². The van der Waals surface area contributed by atoms with Crippen molar-refractivity contribution in [2.24, 2.45) is 29.1 Å². The summed E-state index contributed by atoms with van der Waals surface area (Å²) in [7, 11) is 2.06. The molecule has 3 aliphatic carbocycles. The van der Waals surface area contributed by atoms with Gasteiger partial charge in [-0.25, -0.2) is 0 Å². The van der Waals surface area contributed by atoms with Crippen LogP contribution in [0.5, 0.6) is 0 Å². The Morgan fingerprint density at radius 1 is 1.24 bits per heavy atom. The summed E-state index contributed by atoms with van der Waals surface area (Å²) < 4.78 is 0. The zero-order valence-corrected chi connectivity index (χ0v) is 13.0. The molecule has 1 saturated heterocycles. The Kier molecular flexibility index (Phi) is 2.76. The summed E-state index contributed by atoms with van der Waals surface area (Å²) in [4.78, 5) is 27.8. The molecular weight excluding hydrogens is 266 g/mol. The maximum Gasteiger partial charge on any atom is 0.140 e. The van der Waals surface area contributed by atoms with Crippen LogP contribution in [0, 0.1) is 29.1 Å². The highest BCUT2D eigenvalue weighted by atomic mass is 16.3. The molecule has 4 rings (SSSR count). The van der Waals surface area contributed by atoms with E-state index in [0.717, 1.165) is 25.9 Å². The minimum atomic E-state index is -0.922. The predicted molar refractivity (Wildman–Crippen MR) is 77.6 cm³/mol. The fourth-order valence-electron chi connectivity index (χ4n) is 6.18. The fourth-order valence-corrected chi connectivity index (χ4v) is 6.18. The van der Waals surface area contributed by atoms with Crippen LogP contribution in [-0.2, 0) is 9.59 Å². The predicted octanol–water partition coefficient (Wildman–Crippen LogP) is 1.26. The van der Waals surface area contributed by atoms with Gasteiger partial charge in [-0.2, -0.15) is 0 Å². The molecule has 4 nitrogen and oxygen atoms in total. The van der Waals surface area contributed by atoms with E-state index < -0.39 is 16.9 Å². The monoisotopic (exact) mass is 291 g/mol. The van der Waals surface area contributed by atoms with Gasteiger partial charge in [0.25, 0.3) is 0 Å². The van der Waals surface area contributed by atoms with E-state index in [1.165, 1.54) is 0 Å². The van der Waals surface area contributed by atoms with Crippen LogP contribution in [0.2, 0.25) is 0 Å². The average Bonchev–Trinajstić information content (AvgIpc) is 2.82. The van der Waals surface area contributed by atoms with Gasteiger partial charge in [-0.3, -0.25) is 9.59 Å². The highest BCUT2D eigenvalue weighted by molar-refractivity contribution is 5.99. The van der Waals surface area contributed by atoms with Crippen LogP contribution in [0.1, 0.15) is 39.0 Å². The smallest absolute Gasteiger partial charge is 0.140 e. The number of piperidine rings is 1. The Morgan fingerprint density at radius 2 is 2.00 bits per heavy atom. The molecule has 4 fully saturated rings. The molecule has 6 atom stereocenters. The van der Waals surface area contributed by atoms with E-state index in [1.807, 2.05) is 0 Å². The minimum absolute atomic E-state index is 0.0883. The molecule has 0 unspecified atom stereocenters. The lowest BCUT2D eigenvalue weighted by Gasteiger charge is -2.43. The SMILES string of the molecule is C[C@H]1CC(=O)[C@]23C[C@@H]4CN(C)CC[C@]4(O)[C@H]2C(=O)C[C@@H]3C1. The number of carbonyl (C=O) groups is 2. The van der Waals surface area contributed by atoms with Crippen molar-refractivity contribution in [3.8, 4) is 0 Å². The number of ketones is 2. The lowest BCUT2D eigenvalue weighted by Crippen LogP contribution is -2.54. The van der Waals surface area contributed by atoms with Gasteiger partial charge in [0, 0.05) is 37.3 Å². The normalized spacial score (nSPS) is 53.5. The van der Waals surface area contributed by atoms with Crippen molar-refractivity contribution in [3.63, 3.8) is 0 Å². The summed E-state index contributed by atoms with van der Waals surface area (Å²) in [6.07, 6.45) is 3.47. The Hall–Kier alpha value is -0.740. The maximum atomic E-state index is 12.9. The molecule has 4 heteroatoms. The second kappa shape index (κ2) is 4.17. The number of rotatable bonds is 0. The topological polar surface area (TPSA) is 57.6 Å². The third-order valence-electron chi connectivity index (χ3n) is 6.97. The molecular formula is C17H25NO3. The molecule has 0 radical (unpaired) electrons. The molecule has 0 aromatic heterocycles. The number of hydrogen-bond donors (Lipinski definition) is 1. The molecule has 4 aliphatic rings. The first kappa shape index (κ1) is 13.9. The van der Waals surface area contributed by atoms with Crippen LogP contribution in [0.25, 0.3) is 0 Å². The second-order valence-electron chi connectivity index (χ2n) is 8.21. The van der Waals surface area contributed by atoms with Crippen molar-refractivity contribution in [2.45, 2.75) is 44.6 Å². The Balaban J connectivity index is 1.80. The van der Waals surface area contributed by atoms with Crippen LogP contribution >= 0.6 is 0 Å². The molecule has 0 aromatic rings. The Labute approximate surface area is 125 Å². The van der Waals surface area contributed by atoms with Gasteiger partial charge in [0.2, 0.25) is 0 Å². The molecule has 1 N–H and O–H groups in total. The van der Waals surface area contributed by atoms with Gasteiger partial charge in [0.1, 0.15) is 11.6 Å². The molecule has 1 spiro atoms. The summed E-state index contributed by atoms with van der Waals surface area (Å²) in [5.41, 5.74) is -1.44. The van der Waals surface area contributed by atoms with E-state index in [4.69, 9.17) is 0 Å². The van der Waals surface area contributed by atoms with Crippen LogP contribution < -0.4 is 0 Å². The van der Waals surface area contributed by atoms with Gasteiger partial charge < -0.3 is 10.0 Å². The summed E-state index contributed by atoms with van der Waals surface area (Å²) in [5, 5.41) is 11.3. The molecule has 1 aliphatic heterocycles. The van der Waals surface area contributed by atoms with Crippen molar-refractivity contribution in [2.75, 3.05) is 20.1 Å². The van der Waals surface area contributed by atoms with Crippen molar-refractivity contribution in [1.29, 1.82) is 0 Å². The summed E-state index contributed by atoms with van der Waals surface area (Å²) >= 11 is 0. The van der Waals surface area contributed by atoms with Gasteiger partial charge >= 0.3 is 0 Å². The second-order valence-corrected chi connectivity index (χ2v) is 8.21. The first-order chi connectivity index (χ1) is 9.88. The van der Waals surface area contributed by atoms with Gasteiger partial charge in [-0.1, -0.05) is 6.92 Å². The minimum Gasteiger partial charge on any atom is -0.389 e. The molecule has 0 amide bonds. The van der Waals surface area contributed by atoms with Gasteiger partial charge in [-0.15, -0.1) is 0 Å². The molecule has 0 aromatic carbocycles. The van der Waals surface area contributed by atoms with E-state index >= 15 is 0 Å². The lowest BCUT2D eigenvalue weighted by atomic mass is 9.61. The van der Waals surface area contributed by atoms with Crippen molar-refractivity contribution in [3.05, 3.63) is 0 Å². The van der Waals surface area contributed by atoms with Crippen LogP contribution in [-0.4, -0.2) is 47.3 Å². The summed E-state index contributed by atoms with van der Waals surface area (Å²) in [5.74, 6) is 0.689. The average molecular weight is 291 g/mol. The Bertz CT molecular complexity index is 518. The number of carbonyl (C=O) groups excluding carboxylic acids is 2. The van der Waals surface area contributed by atoms with Crippen LogP contribution in [0.4, 0.5) is 0 Å². The van der Waals surface area contributed by atoms with Gasteiger partial charge in [-0.05, 0) is 38.1 Å². The number of aliphatic hydroxyl groups is 1. The lowest BCUT2D eigenvalue weighted by molar-refractivity contribution is -0.147. The number of fused-ring (bicyclic) bond motifs is 2. The molecule has 116 valence electrons. The van der Waals surface area contributed by atoms with E-state index in [-0.39, 0.29) is 23.4 Å². The number of nitrogens with zero attached hydrogens (tertiary/aromatic N) is 1. The number of likely N-dealkylation sites (tertiary alicyclic amines) is 1. The summed E-state index contributed by atoms with van der Waals surface area (Å²) in [6, 6.07) is 0. The molecule has 1 heterocycles. The third kappa shape index (κ3) is 1.58.